The summed E-state index contributed by atoms with van der Waals surface area (Å²) in [4.78, 5) is 18.4. The lowest BCUT2D eigenvalue weighted by atomic mass is 10.2. The summed E-state index contributed by atoms with van der Waals surface area (Å²) in [5.74, 6) is 0.741. The SMILES string of the molecule is COc1ccc(-n2cc(-c3ccccc3)nc2NC(=O)CN(Cc2ccccc2)S(=O)(=O)c2ccc(C)cc2)cc1OC. The third kappa shape index (κ3) is 6.77. The van der Waals surface area contributed by atoms with Crippen molar-refractivity contribution >= 4 is 21.9 Å². The second-order valence-electron chi connectivity index (χ2n) is 9.84. The Labute approximate surface area is 251 Å². The average Bonchev–Trinajstić information content (AvgIpc) is 3.45. The topological polar surface area (TPSA) is 103 Å². The number of amides is 1. The number of carbonyl (C=O) groups is 1. The smallest absolute Gasteiger partial charge is 0.243 e. The van der Waals surface area contributed by atoms with Gasteiger partial charge in [0.15, 0.2) is 11.5 Å². The Morgan fingerprint density at radius 1 is 0.860 bits per heavy atom. The second kappa shape index (κ2) is 12.9. The Morgan fingerprint density at radius 2 is 1.51 bits per heavy atom. The molecule has 0 aliphatic rings. The molecule has 0 bridgehead atoms. The van der Waals surface area contributed by atoms with Crippen molar-refractivity contribution in [2.75, 3.05) is 26.1 Å². The number of hydrogen-bond donors (Lipinski definition) is 1. The van der Waals surface area contributed by atoms with Crippen LogP contribution in [0.1, 0.15) is 11.1 Å². The van der Waals surface area contributed by atoms with Gasteiger partial charge >= 0.3 is 0 Å². The number of nitrogens with one attached hydrogen (secondary N) is 1. The van der Waals surface area contributed by atoms with Crippen molar-refractivity contribution in [1.82, 2.24) is 13.9 Å². The number of imidazole rings is 1. The first-order chi connectivity index (χ1) is 20.8. The Bertz CT molecular complexity index is 1810. The number of methoxy groups -OCH3 is 2. The van der Waals surface area contributed by atoms with Crippen LogP contribution in [0.5, 0.6) is 11.5 Å². The molecular weight excluding hydrogens is 564 g/mol. The van der Waals surface area contributed by atoms with Gasteiger partial charge in [0, 0.05) is 24.4 Å². The highest BCUT2D eigenvalue weighted by atomic mass is 32.2. The third-order valence-corrected chi connectivity index (χ3v) is 8.66. The van der Waals surface area contributed by atoms with E-state index in [4.69, 9.17) is 14.5 Å². The molecule has 0 unspecified atom stereocenters. The van der Waals surface area contributed by atoms with Gasteiger partial charge in [0.2, 0.25) is 21.9 Å². The summed E-state index contributed by atoms with van der Waals surface area (Å²) < 4.78 is 41.2. The van der Waals surface area contributed by atoms with E-state index in [1.165, 1.54) is 4.31 Å². The van der Waals surface area contributed by atoms with E-state index in [1.54, 1.807) is 61.4 Å². The number of anilines is 1. The molecule has 220 valence electrons. The van der Waals surface area contributed by atoms with Gasteiger partial charge in [-0.3, -0.25) is 14.7 Å². The number of sulfonamides is 1. The number of ether oxygens (including phenoxy) is 2. The van der Waals surface area contributed by atoms with Crippen LogP contribution in [0, 0.1) is 6.92 Å². The van der Waals surface area contributed by atoms with Crippen LogP contribution in [0.15, 0.2) is 114 Å². The first-order valence-electron chi connectivity index (χ1n) is 13.6. The third-order valence-electron chi connectivity index (χ3n) is 6.85. The Morgan fingerprint density at radius 3 is 2.16 bits per heavy atom. The lowest BCUT2D eigenvalue weighted by Gasteiger charge is -2.22. The molecule has 5 aromatic rings. The molecule has 0 saturated heterocycles. The fraction of sp³-hybridized carbons (Fsp3) is 0.152. The molecule has 0 fully saturated rings. The predicted molar refractivity (Wildman–Crippen MR) is 166 cm³/mol. The lowest BCUT2D eigenvalue weighted by molar-refractivity contribution is -0.116. The molecule has 0 radical (unpaired) electrons. The largest absolute Gasteiger partial charge is 0.493 e. The van der Waals surface area contributed by atoms with E-state index in [9.17, 15) is 13.2 Å². The van der Waals surface area contributed by atoms with Crippen LogP contribution >= 0.6 is 0 Å². The van der Waals surface area contributed by atoms with E-state index in [2.05, 4.69) is 5.32 Å². The molecular formula is C33H32N4O5S. The monoisotopic (exact) mass is 596 g/mol. The number of aromatic nitrogens is 2. The molecule has 1 heterocycles. The number of rotatable bonds is 11. The number of aryl methyl sites for hydroxylation is 1. The van der Waals surface area contributed by atoms with E-state index >= 15 is 0 Å². The van der Waals surface area contributed by atoms with Gasteiger partial charge in [0.1, 0.15) is 0 Å². The highest BCUT2D eigenvalue weighted by Crippen LogP contribution is 2.32. The molecule has 0 saturated carbocycles. The molecule has 10 heteroatoms. The van der Waals surface area contributed by atoms with Crippen molar-refractivity contribution in [3.8, 4) is 28.4 Å². The summed E-state index contributed by atoms with van der Waals surface area (Å²) in [6.07, 6.45) is 1.80. The summed E-state index contributed by atoms with van der Waals surface area (Å²) >= 11 is 0. The van der Waals surface area contributed by atoms with Gasteiger partial charge in [-0.05, 0) is 36.8 Å². The average molecular weight is 597 g/mol. The summed E-state index contributed by atoms with van der Waals surface area (Å²) in [6, 6.07) is 30.6. The Kier molecular flexibility index (Phi) is 8.89. The van der Waals surface area contributed by atoms with Gasteiger partial charge in [-0.25, -0.2) is 13.4 Å². The lowest BCUT2D eigenvalue weighted by Crippen LogP contribution is -2.38. The molecule has 0 aliphatic carbocycles. The zero-order valence-corrected chi connectivity index (χ0v) is 24.9. The Hall–Kier alpha value is -4.93. The van der Waals surface area contributed by atoms with Gasteiger partial charge in [0.05, 0.1) is 37.0 Å². The van der Waals surface area contributed by atoms with Crippen LogP contribution < -0.4 is 14.8 Å². The minimum Gasteiger partial charge on any atom is -0.493 e. The van der Waals surface area contributed by atoms with E-state index in [0.717, 1.165) is 16.7 Å². The van der Waals surface area contributed by atoms with Crippen LogP contribution in [0.2, 0.25) is 0 Å². The summed E-state index contributed by atoms with van der Waals surface area (Å²) in [6.45, 7) is 1.48. The van der Waals surface area contributed by atoms with Gasteiger partial charge in [0.25, 0.3) is 0 Å². The molecule has 0 aliphatic heterocycles. The van der Waals surface area contributed by atoms with Crippen molar-refractivity contribution in [1.29, 1.82) is 0 Å². The van der Waals surface area contributed by atoms with Crippen molar-refractivity contribution in [3.05, 3.63) is 120 Å². The number of nitrogens with zero attached hydrogens (tertiary/aromatic N) is 3. The standard InChI is InChI=1S/C33H32N4O5S/c1-24-14-17-28(18-15-24)43(39,40)36(21-25-10-6-4-7-11-25)23-32(38)35-33-34-29(26-12-8-5-9-13-26)22-37(33)27-16-19-30(41-2)31(20-27)42-3/h4-20,22H,21,23H2,1-3H3,(H,34,35,38). The van der Waals surface area contributed by atoms with Crippen molar-refractivity contribution in [3.63, 3.8) is 0 Å². The summed E-state index contributed by atoms with van der Waals surface area (Å²) in [5, 5.41) is 2.85. The van der Waals surface area contributed by atoms with E-state index < -0.39 is 22.5 Å². The summed E-state index contributed by atoms with van der Waals surface area (Å²) in [7, 11) is -0.905. The fourth-order valence-corrected chi connectivity index (χ4v) is 5.97. The maximum Gasteiger partial charge on any atom is 0.243 e. The highest BCUT2D eigenvalue weighted by Gasteiger charge is 2.28. The van der Waals surface area contributed by atoms with Gasteiger partial charge in [-0.15, -0.1) is 0 Å². The maximum atomic E-state index is 13.7. The van der Waals surface area contributed by atoms with Gasteiger partial charge < -0.3 is 9.47 Å². The maximum absolute atomic E-state index is 13.7. The van der Waals surface area contributed by atoms with Crippen molar-refractivity contribution < 1.29 is 22.7 Å². The minimum absolute atomic E-state index is 0.0177. The quantitative estimate of drug-likeness (QED) is 0.210. The molecule has 43 heavy (non-hydrogen) atoms. The first kappa shape index (κ1) is 29.6. The molecule has 5 rings (SSSR count). The fourth-order valence-electron chi connectivity index (χ4n) is 4.58. The molecule has 1 N–H and O–H groups in total. The molecule has 4 aromatic carbocycles. The van der Waals surface area contributed by atoms with E-state index in [0.29, 0.717) is 22.9 Å². The van der Waals surface area contributed by atoms with Crippen molar-refractivity contribution in [2.24, 2.45) is 0 Å². The van der Waals surface area contributed by atoms with Crippen LogP contribution in [0.25, 0.3) is 16.9 Å². The molecule has 0 atom stereocenters. The normalized spacial score (nSPS) is 11.3. The second-order valence-corrected chi connectivity index (χ2v) is 11.8. The molecule has 0 spiro atoms. The van der Waals surface area contributed by atoms with Crippen LogP contribution in [0.3, 0.4) is 0 Å². The zero-order valence-electron chi connectivity index (χ0n) is 24.1. The number of carbonyl (C=O) groups excluding carboxylic acids is 1. The zero-order chi connectivity index (χ0) is 30.4. The van der Waals surface area contributed by atoms with Crippen LogP contribution in [0.4, 0.5) is 5.95 Å². The number of hydrogen-bond acceptors (Lipinski definition) is 6. The molecule has 9 nitrogen and oxygen atoms in total. The first-order valence-corrected chi connectivity index (χ1v) is 15.0. The summed E-state index contributed by atoms with van der Waals surface area (Å²) in [5.41, 5.74) is 3.83. The van der Waals surface area contributed by atoms with E-state index in [-0.39, 0.29) is 17.4 Å². The van der Waals surface area contributed by atoms with Crippen LogP contribution in [-0.2, 0) is 21.4 Å². The van der Waals surface area contributed by atoms with Gasteiger partial charge in [-0.2, -0.15) is 4.31 Å². The predicted octanol–water partition coefficient (Wildman–Crippen LogP) is 5.69. The van der Waals surface area contributed by atoms with Crippen LogP contribution in [-0.4, -0.2) is 48.9 Å². The van der Waals surface area contributed by atoms with Gasteiger partial charge in [-0.1, -0.05) is 78.4 Å². The minimum atomic E-state index is -4.01. The molecule has 1 aromatic heterocycles. The molecule has 1 amide bonds. The van der Waals surface area contributed by atoms with E-state index in [1.807, 2.05) is 73.7 Å². The highest BCUT2D eigenvalue weighted by molar-refractivity contribution is 7.89. The Balaban J connectivity index is 1.49. The number of benzene rings is 4. The van der Waals surface area contributed by atoms with Crippen molar-refractivity contribution in [2.45, 2.75) is 18.4 Å².